The van der Waals surface area contributed by atoms with Crippen LogP contribution in [0.5, 0.6) is 0 Å². The van der Waals surface area contributed by atoms with Crippen LogP contribution in [0.2, 0.25) is 0 Å². The van der Waals surface area contributed by atoms with Crippen LogP contribution in [-0.2, 0) is 0 Å². The van der Waals surface area contributed by atoms with E-state index >= 15 is 0 Å². The van der Waals surface area contributed by atoms with Crippen molar-refractivity contribution in [2.45, 2.75) is 18.9 Å². The maximum absolute atomic E-state index is 12.2. The Kier molecular flexibility index (Phi) is 6.19. The quantitative estimate of drug-likeness (QED) is 0.868. The second-order valence-corrected chi connectivity index (χ2v) is 4.46. The summed E-state index contributed by atoms with van der Waals surface area (Å²) in [5.41, 5.74) is 1.12. The van der Waals surface area contributed by atoms with E-state index in [1.54, 1.807) is 29.2 Å². The maximum Gasteiger partial charge on any atom is 0.257 e. The van der Waals surface area contributed by atoms with E-state index in [0.29, 0.717) is 11.2 Å². The van der Waals surface area contributed by atoms with Crippen molar-refractivity contribution in [2.75, 3.05) is 13.1 Å². The largest absolute Gasteiger partial charge is 0.348 e. The number of fused-ring (bicyclic) bond motifs is 1. The summed E-state index contributed by atoms with van der Waals surface area (Å²) in [7, 11) is 0. The molecule has 1 aliphatic rings. The van der Waals surface area contributed by atoms with Crippen molar-refractivity contribution in [3.05, 3.63) is 30.2 Å². The van der Waals surface area contributed by atoms with Crippen molar-refractivity contribution in [3.63, 3.8) is 0 Å². The van der Waals surface area contributed by atoms with Gasteiger partial charge in [0.25, 0.3) is 5.91 Å². The first-order valence-corrected chi connectivity index (χ1v) is 6.14. The standard InChI is InChI=1S/C12H15N5O.2ClH/c18-12(16-9-3-1-4-13-7-9)10-8-15-17-6-2-5-14-11(10)17;;/h2,5-6,8-9,13H,1,3-4,7H2,(H,16,18);2*1H/t9-;;/m0../s1. The van der Waals surface area contributed by atoms with Gasteiger partial charge in [0.1, 0.15) is 5.56 Å². The molecule has 1 atom stereocenters. The van der Waals surface area contributed by atoms with Crippen molar-refractivity contribution >= 4 is 36.4 Å². The number of aromatic nitrogens is 3. The van der Waals surface area contributed by atoms with Gasteiger partial charge in [-0.3, -0.25) is 4.79 Å². The van der Waals surface area contributed by atoms with Gasteiger partial charge in [0.2, 0.25) is 0 Å². The topological polar surface area (TPSA) is 71.3 Å². The van der Waals surface area contributed by atoms with Crippen molar-refractivity contribution < 1.29 is 4.79 Å². The lowest BCUT2D eigenvalue weighted by atomic mass is 10.1. The number of rotatable bonds is 2. The normalized spacial score (nSPS) is 17.9. The molecule has 1 amide bonds. The van der Waals surface area contributed by atoms with Gasteiger partial charge in [-0.25, -0.2) is 9.50 Å². The summed E-state index contributed by atoms with van der Waals surface area (Å²) in [6.07, 6.45) is 7.12. The summed E-state index contributed by atoms with van der Waals surface area (Å²) in [6.45, 7) is 1.86. The number of hydrogen-bond acceptors (Lipinski definition) is 4. The molecule has 20 heavy (non-hydrogen) atoms. The van der Waals surface area contributed by atoms with Gasteiger partial charge in [-0.2, -0.15) is 5.10 Å². The summed E-state index contributed by atoms with van der Waals surface area (Å²) < 4.78 is 1.61. The Hall–Kier alpha value is -1.37. The molecule has 0 aromatic carbocycles. The molecule has 0 spiro atoms. The van der Waals surface area contributed by atoms with E-state index in [4.69, 9.17) is 0 Å². The van der Waals surface area contributed by atoms with Gasteiger partial charge in [-0.05, 0) is 25.5 Å². The molecule has 1 saturated heterocycles. The number of carbonyl (C=O) groups is 1. The fourth-order valence-electron chi connectivity index (χ4n) is 2.23. The molecule has 110 valence electrons. The molecule has 0 saturated carbocycles. The number of nitrogens with one attached hydrogen (secondary N) is 2. The van der Waals surface area contributed by atoms with Gasteiger partial charge in [0.15, 0.2) is 5.65 Å². The number of hydrogen-bond donors (Lipinski definition) is 2. The Labute approximate surface area is 129 Å². The van der Waals surface area contributed by atoms with Gasteiger partial charge in [0.05, 0.1) is 6.20 Å². The van der Waals surface area contributed by atoms with E-state index in [1.807, 2.05) is 0 Å². The maximum atomic E-state index is 12.2. The molecule has 2 N–H and O–H groups in total. The molecular formula is C12H17Cl2N5O. The van der Waals surface area contributed by atoms with Crippen LogP contribution in [0.25, 0.3) is 5.65 Å². The molecule has 8 heteroatoms. The third-order valence-electron chi connectivity index (χ3n) is 3.16. The second kappa shape index (κ2) is 7.42. The fraction of sp³-hybridized carbons (Fsp3) is 0.417. The lowest BCUT2D eigenvalue weighted by Crippen LogP contribution is -2.45. The van der Waals surface area contributed by atoms with Crippen LogP contribution >= 0.6 is 24.8 Å². The Balaban J connectivity index is 0.000001000. The Bertz CT molecular complexity index is 568. The van der Waals surface area contributed by atoms with Gasteiger partial charge in [-0.1, -0.05) is 0 Å². The van der Waals surface area contributed by atoms with Crippen molar-refractivity contribution in [3.8, 4) is 0 Å². The fourth-order valence-corrected chi connectivity index (χ4v) is 2.23. The predicted octanol–water partition coefficient (Wildman–Crippen LogP) is 1.05. The van der Waals surface area contributed by atoms with E-state index in [9.17, 15) is 4.79 Å². The summed E-state index contributed by atoms with van der Waals surface area (Å²) in [5.74, 6) is -0.0996. The molecule has 0 bridgehead atoms. The average molecular weight is 318 g/mol. The van der Waals surface area contributed by atoms with E-state index in [1.165, 1.54) is 0 Å². The average Bonchev–Trinajstić information content (AvgIpc) is 2.84. The minimum Gasteiger partial charge on any atom is -0.348 e. The molecule has 0 aliphatic carbocycles. The molecule has 2 aromatic rings. The van der Waals surface area contributed by atoms with Crippen molar-refractivity contribution in [1.82, 2.24) is 25.2 Å². The molecular weight excluding hydrogens is 301 g/mol. The first kappa shape index (κ1) is 16.7. The molecule has 2 aromatic heterocycles. The number of carbonyl (C=O) groups excluding carboxylic acids is 1. The predicted molar refractivity (Wildman–Crippen MR) is 80.8 cm³/mol. The van der Waals surface area contributed by atoms with Crippen LogP contribution in [0.1, 0.15) is 23.2 Å². The van der Waals surface area contributed by atoms with Crippen LogP contribution < -0.4 is 10.6 Å². The molecule has 6 nitrogen and oxygen atoms in total. The number of nitrogens with zero attached hydrogens (tertiary/aromatic N) is 3. The highest BCUT2D eigenvalue weighted by atomic mass is 35.5. The van der Waals surface area contributed by atoms with Crippen molar-refractivity contribution in [2.24, 2.45) is 0 Å². The highest BCUT2D eigenvalue weighted by Gasteiger charge is 2.19. The summed E-state index contributed by atoms with van der Waals surface area (Å²) in [4.78, 5) is 16.3. The van der Waals surface area contributed by atoms with E-state index in [2.05, 4.69) is 20.7 Å². The van der Waals surface area contributed by atoms with E-state index in [-0.39, 0.29) is 36.8 Å². The monoisotopic (exact) mass is 317 g/mol. The van der Waals surface area contributed by atoms with Gasteiger partial charge in [-0.15, -0.1) is 24.8 Å². The number of amides is 1. The molecule has 0 radical (unpaired) electrons. The summed E-state index contributed by atoms with van der Waals surface area (Å²) >= 11 is 0. The highest BCUT2D eigenvalue weighted by molar-refractivity contribution is 5.99. The van der Waals surface area contributed by atoms with Crippen LogP contribution in [0.15, 0.2) is 24.7 Å². The second-order valence-electron chi connectivity index (χ2n) is 4.46. The van der Waals surface area contributed by atoms with Gasteiger partial charge < -0.3 is 10.6 Å². The zero-order valence-electron chi connectivity index (χ0n) is 10.8. The molecule has 1 aliphatic heterocycles. The Morgan fingerprint density at radius 1 is 1.45 bits per heavy atom. The van der Waals surface area contributed by atoms with E-state index in [0.717, 1.165) is 25.9 Å². The molecule has 3 rings (SSSR count). The molecule has 3 heterocycles. The molecule has 1 fully saturated rings. The first-order valence-electron chi connectivity index (χ1n) is 6.14. The Morgan fingerprint density at radius 2 is 2.30 bits per heavy atom. The third-order valence-corrected chi connectivity index (χ3v) is 3.16. The summed E-state index contributed by atoms with van der Waals surface area (Å²) in [5, 5.41) is 10.4. The highest BCUT2D eigenvalue weighted by Crippen LogP contribution is 2.08. The minimum atomic E-state index is -0.0996. The smallest absolute Gasteiger partial charge is 0.257 e. The minimum absolute atomic E-state index is 0. The third kappa shape index (κ3) is 3.39. The van der Waals surface area contributed by atoms with Crippen LogP contribution in [0.4, 0.5) is 0 Å². The number of halogens is 2. The lowest BCUT2D eigenvalue weighted by Gasteiger charge is -2.23. The van der Waals surface area contributed by atoms with Crippen molar-refractivity contribution in [1.29, 1.82) is 0 Å². The number of piperidine rings is 1. The SMILES string of the molecule is Cl.Cl.O=C(N[C@H]1CCCNC1)c1cnn2cccnc12. The molecule has 0 unspecified atom stereocenters. The Morgan fingerprint density at radius 3 is 3.05 bits per heavy atom. The summed E-state index contributed by atoms with van der Waals surface area (Å²) in [6, 6.07) is 1.98. The lowest BCUT2D eigenvalue weighted by molar-refractivity contribution is 0.0932. The van der Waals surface area contributed by atoms with Crippen LogP contribution in [0.3, 0.4) is 0 Å². The van der Waals surface area contributed by atoms with Gasteiger partial charge in [0, 0.05) is 25.0 Å². The van der Waals surface area contributed by atoms with Crippen LogP contribution in [-0.4, -0.2) is 39.6 Å². The zero-order chi connectivity index (χ0) is 12.4. The van der Waals surface area contributed by atoms with Gasteiger partial charge >= 0.3 is 0 Å². The van der Waals surface area contributed by atoms with Crippen LogP contribution in [0, 0.1) is 0 Å². The zero-order valence-corrected chi connectivity index (χ0v) is 12.4. The van der Waals surface area contributed by atoms with E-state index < -0.39 is 0 Å². The first-order chi connectivity index (χ1) is 8.84.